The third-order valence-electron chi connectivity index (χ3n) is 1.58. The van der Waals surface area contributed by atoms with Crippen LogP contribution in [0.15, 0.2) is 0 Å². The molecule has 0 radical (unpaired) electrons. The van der Waals surface area contributed by atoms with E-state index in [-0.39, 0.29) is 13.1 Å². The Bertz CT molecular complexity index is 134. The molecule has 1 aliphatic rings. The summed E-state index contributed by atoms with van der Waals surface area (Å²) >= 11 is 0. The Labute approximate surface area is 54.6 Å². The predicted molar refractivity (Wildman–Crippen MR) is 30.9 cm³/mol. The van der Waals surface area contributed by atoms with Gasteiger partial charge < -0.3 is 20.6 Å². The summed E-state index contributed by atoms with van der Waals surface area (Å²) in [7, 11) is 0. The minimum atomic E-state index is -1.48. The van der Waals surface area contributed by atoms with Gasteiger partial charge in [-0.3, -0.25) is 0 Å². The molecule has 1 aliphatic heterocycles. The van der Waals surface area contributed by atoms with Crippen LogP contribution in [0.4, 0.5) is 0 Å². The molecular weight excluding hydrogens is 122 g/mol. The molecule has 0 unspecified atom stereocenters. The van der Waals surface area contributed by atoms with Crippen LogP contribution in [0.2, 0.25) is 1.41 Å². The molecule has 0 saturated carbocycles. The normalized spacial score (nSPS) is 47.4. The molecule has 0 amide bonds. The van der Waals surface area contributed by atoms with Crippen molar-refractivity contribution in [3.05, 3.63) is 0 Å². The Balaban J connectivity index is 2.61. The van der Waals surface area contributed by atoms with Crippen molar-refractivity contribution < 1.29 is 16.7 Å². The van der Waals surface area contributed by atoms with E-state index in [4.69, 9.17) is 11.6 Å². The third-order valence-corrected chi connectivity index (χ3v) is 1.58. The molecule has 1 saturated heterocycles. The van der Waals surface area contributed by atoms with Crippen LogP contribution in [0.3, 0.4) is 0 Å². The van der Waals surface area contributed by atoms with Crippen molar-refractivity contribution in [2.24, 2.45) is 0 Å². The van der Waals surface area contributed by atoms with Gasteiger partial charge in [0.1, 0.15) is 7.01 Å². The van der Waals surface area contributed by atoms with Crippen molar-refractivity contribution in [3.63, 3.8) is 0 Å². The van der Waals surface area contributed by atoms with E-state index in [1.807, 2.05) is 0 Å². The summed E-state index contributed by atoms with van der Waals surface area (Å²) in [5.74, 6) is 0. The molecule has 2 atom stereocenters. The Morgan fingerprint density at radius 1 is 1.89 bits per heavy atom. The lowest BCUT2D eigenvalue weighted by Gasteiger charge is -2.21. The van der Waals surface area contributed by atoms with Gasteiger partial charge in [0.05, 0.1) is 12.7 Å². The van der Waals surface area contributed by atoms with Crippen LogP contribution in [0.1, 0.15) is 0 Å². The molecule has 4 nitrogen and oxygen atoms in total. The summed E-state index contributed by atoms with van der Waals surface area (Å²) in [5.41, 5.74) is -1.48. The predicted octanol–water partition coefficient (Wildman–Crippen LogP) is -2.33. The highest BCUT2D eigenvalue weighted by molar-refractivity contribution is 4.95. The smallest absolute Gasteiger partial charge is 0.127 e. The maximum atomic E-state index is 9.28. The lowest BCUT2D eigenvalue weighted by atomic mass is 10.0. The summed E-state index contributed by atoms with van der Waals surface area (Å²) in [6.45, 7) is -0.398. The summed E-state index contributed by atoms with van der Waals surface area (Å²) in [6.07, 6.45) is -1.00. The maximum Gasteiger partial charge on any atom is 0.127 e. The minimum absolute atomic E-state index is 0.00463. The fourth-order valence-corrected chi connectivity index (χ4v) is 0.811. The Kier molecular flexibility index (Phi) is 1.39. The van der Waals surface area contributed by atoms with Crippen LogP contribution in [0, 0.1) is 0 Å². The van der Waals surface area contributed by atoms with Crippen molar-refractivity contribution in [1.29, 1.82) is 0 Å². The first-order chi connectivity index (χ1) is 4.58. The van der Waals surface area contributed by atoms with Gasteiger partial charge in [0.2, 0.25) is 0 Å². The molecule has 54 valence electrons. The monoisotopic (exact) mass is 134 g/mol. The zero-order valence-corrected chi connectivity index (χ0v) is 4.99. The highest BCUT2D eigenvalue weighted by Gasteiger charge is 2.39. The second-order valence-corrected chi connectivity index (χ2v) is 2.34. The molecule has 1 fully saturated rings. The number of hydrogen-bond donors (Lipinski definition) is 4. The minimum Gasteiger partial charge on any atom is -0.393 e. The average Bonchev–Trinajstić information content (AvgIpc) is 2.09. The second-order valence-electron chi connectivity index (χ2n) is 2.34. The van der Waals surface area contributed by atoms with Crippen molar-refractivity contribution >= 4 is 0 Å². The number of nitrogens with one attached hydrogen (secondary N) is 1. The second kappa shape index (κ2) is 2.22. The van der Waals surface area contributed by atoms with Gasteiger partial charge in [-0.2, -0.15) is 0 Å². The Morgan fingerprint density at radius 3 is 2.78 bits per heavy atom. The molecule has 1 rings (SSSR count). The zero-order valence-electron chi connectivity index (χ0n) is 5.99. The Morgan fingerprint density at radius 2 is 2.56 bits per heavy atom. The lowest BCUT2D eigenvalue weighted by Crippen LogP contribution is -2.44. The van der Waals surface area contributed by atoms with Gasteiger partial charge in [-0.1, -0.05) is 0 Å². The van der Waals surface area contributed by atoms with Gasteiger partial charge in [0.15, 0.2) is 0 Å². The van der Waals surface area contributed by atoms with Crippen LogP contribution in [-0.4, -0.2) is 46.7 Å². The molecule has 0 aromatic rings. The quantitative estimate of drug-likeness (QED) is 0.325. The van der Waals surface area contributed by atoms with E-state index < -0.39 is 18.3 Å². The zero-order chi connectivity index (χ0) is 7.78. The van der Waals surface area contributed by atoms with E-state index in [1.165, 1.54) is 0 Å². The molecule has 0 aromatic heterocycles. The van der Waals surface area contributed by atoms with Crippen molar-refractivity contribution in [2.75, 3.05) is 19.7 Å². The van der Waals surface area contributed by atoms with E-state index in [0.29, 0.717) is 0 Å². The van der Waals surface area contributed by atoms with Crippen molar-refractivity contribution in [2.45, 2.75) is 11.7 Å². The molecule has 4 heteroatoms. The molecule has 0 aromatic carbocycles. The van der Waals surface area contributed by atoms with E-state index >= 15 is 0 Å². The van der Waals surface area contributed by atoms with Crippen LogP contribution in [0.25, 0.3) is 0 Å². The summed E-state index contributed by atoms with van der Waals surface area (Å²) in [4.78, 5) is 0. The van der Waals surface area contributed by atoms with Crippen molar-refractivity contribution in [1.82, 2.24) is 5.31 Å². The number of hydrogen-bond acceptors (Lipinski definition) is 4. The number of aliphatic hydroxyl groups excluding tert-OH is 2. The van der Waals surface area contributed by atoms with Crippen LogP contribution in [0.5, 0.6) is 0 Å². The average molecular weight is 134 g/mol. The van der Waals surface area contributed by atoms with E-state index in [0.717, 1.165) is 5.31 Å². The van der Waals surface area contributed by atoms with Gasteiger partial charge >= 0.3 is 0 Å². The van der Waals surface area contributed by atoms with Gasteiger partial charge in [-0.25, -0.2) is 0 Å². The first-order valence-corrected chi connectivity index (χ1v) is 2.83. The molecule has 0 aliphatic carbocycles. The summed E-state index contributed by atoms with van der Waals surface area (Å²) in [6, 6.07) is 0. The number of aliphatic hydroxyl groups is 3. The number of β-amino-alcohol motifs (C(OH)–C–C–N with tert-alkyl or cyclic N) is 2. The molecule has 4 N–H and O–H groups in total. The van der Waals surface area contributed by atoms with Gasteiger partial charge in [-0.05, 0) is 0 Å². The van der Waals surface area contributed by atoms with Crippen LogP contribution in [-0.2, 0) is 0 Å². The first kappa shape index (κ1) is 5.61. The Hall–Kier alpha value is -0.160. The van der Waals surface area contributed by atoms with E-state index in [2.05, 4.69) is 0 Å². The van der Waals surface area contributed by atoms with E-state index in [9.17, 15) is 5.11 Å². The molecule has 9 heavy (non-hydrogen) atoms. The molecule has 1 heterocycles. The van der Waals surface area contributed by atoms with Crippen molar-refractivity contribution in [3.8, 4) is 0 Å². The standard InChI is InChI=1S/C5H11NO3/c7-3-5(9)2-6-1-4(5)8/h4,6-9H,1-3H2/t4-,5+/m1/s1/i/hD. The van der Waals surface area contributed by atoms with E-state index in [1.54, 1.807) is 0 Å². The summed E-state index contributed by atoms with van der Waals surface area (Å²) < 4.78 is 7.02. The number of rotatable bonds is 1. The largest absolute Gasteiger partial charge is 0.393 e. The lowest BCUT2D eigenvalue weighted by molar-refractivity contribution is -0.0731. The molecule has 0 spiro atoms. The van der Waals surface area contributed by atoms with Gasteiger partial charge in [-0.15, -0.1) is 0 Å². The van der Waals surface area contributed by atoms with Gasteiger partial charge in [0, 0.05) is 13.1 Å². The fourth-order valence-electron chi connectivity index (χ4n) is 0.811. The first-order valence-electron chi connectivity index (χ1n) is 3.28. The highest BCUT2D eigenvalue weighted by Crippen LogP contribution is 2.13. The SMILES string of the molecule is [2H]N1C[C@@H](O)[C@@](O)(CO)C1. The summed E-state index contributed by atoms with van der Waals surface area (Å²) in [5, 5.41) is 27.9. The highest BCUT2D eigenvalue weighted by atomic mass is 16.4. The molecular formula is C5H11NO3. The fraction of sp³-hybridized carbons (Fsp3) is 1.00. The van der Waals surface area contributed by atoms with Gasteiger partial charge in [0.25, 0.3) is 0 Å². The molecule has 0 bridgehead atoms. The topological polar surface area (TPSA) is 72.7 Å². The maximum absolute atomic E-state index is 9.28. The van der Waals surface area contributed by atoms with Crippen LogP contribution < -0.4 is 5.31 Å². The van der Waals surface area contributed by atoms with Crippen LogP contribution >= 0.6 is 0 Å². The third kappa shape index (κ3) is 1.07.